The minimum atomic E-state index is -0.00933. The van der Waals surface area contributed by atoms with Crippen molar-refractivity contribution in [1.82, 2.24) is 4.98 Å². The van der Waals surface area contributed by atoms with Gasteiger partial charge in [0.15, 0.2) is 11.8 Å². The van der Waals surface area contributed by atoms with E-state index < -0.39 is 0 Å². The molecule has 0 radical (unpaired) electrons. The van der Waals surface area contributed by atoms with Crippen LogP contribution in [0.25, 0.3) is 33.3 Å². The fraction of sp³-hybridized carbons (Fsp3) is 0.385. The second-order valence-electron chi connectivity index (χ2n) is 9.67. The summed E-state index contributed by atoms with van der Waals surface area (Å²) in [6, 6.07) is 13.1. The molecule has 0 aliphatic rings. The van der Waals surface area contributed by atoms with Gasteiger partial charge >= 0.3 is 0 Å². The van der Waals surface area contributed by atoms with Gasteiger partial charge < -0.3 is 4.42 Å². The first-order valence-corrected chi connectivity index (χ1v) is 10.5. The third-order valence-corrected chi connectivity index (χ3v) is 5.58. The Morgan fingerprint density at radius 3 is 2.38 bits per heavy atom. The average molecular weight is 388 g/mol. The van der Waals surface area contributed by atoms with Gasteiger partial charge in [0.05, 0.1) is 5.56 Å². The minimum absolute atomic E-state index is 0.00933. The monoisotopic (exact) mass is 387 g/mol. The molecule has 3 heteroatoms. The van der Waals surface area contributed by atoms with Crippen LogP contribution in [0, 0.1) is 12.8 Å². The van der Waals surface area contributed by atoms with Gasteiger partial charge in [-0.3, -0.25) is 0 Å². The van der Waals surface area contributed by atoms with Gasteiger partial charge in [-0.2, -0.15) is 0 Å². The van der Waals surface area contributed by atoms with E-state index in [1.165, 1.54) is 11.1 Å². The quantitative estimate of drug-likeness (QED) is 0.387. The fourth-order valence-corrected chi connectivity index (χ4v) is 4.07. The number of hydrogen-bond acceptors (Lipinski definition) is 2. The number of hydrogen-bond donors (Lipinski definition) is 0. The Morgan fingerprint density at radius 1 is 1.00 bits per heavy atom. The number of nitrogens with zero attached hydrogens (tertiary/aromatic N) is 2. The summed E-state index contributed by atoms with van der Waals surface area (Å²) in [7, 11) is 2.12. The second-order valence-corrected chi connectivity index (χ2v) is 9.67. The number of aryl methyl sites for hydroxylation is 2. The molecule has 4 rings (SSSR count). The van der Waals surface area contributed by atoms with E-state index in [4.69, 9.17) is 9.40 Å². The van der Waals surface area contributed by atoms with Crippen molar-refractivity contribution in [3.63, 3.8) is 0 Å². The van der Waals surface area contributed by atoms with E-state index >= 15 is 0 Å². The predicted octanol–water partition coefficient (Wildman–Crippen LogP) is 6.28. The van der Waals surface area contributed by atoms with E-state index in [0.29, 0.717) is 5.92 Å². The van der Waals surface area contributed by atoms with Crippen molar-refractivity contribution in [3.8, 4) is 11.3 Å². The lowest BCUT2D eigenvalue weighted by Crippen LogP contribution is -2.31. The smallest absolute Gasteiger partial charge is 0.227 e. The zero-order chi connectivity index (χ0) is 20.9. The van der Waals surface area contributed by atoms with Gasteiger partial charge in [-0.25, -0.2) is 9.55 Å². The third kappa shape index (κ3) is 3.55. The maximum Gasteiger partial charge on any atom is 0.227 e. The number of pyridine rings is 2. The molecule has 3 heterocycles. The zero-order valence-electron chi connectivity index (χ0n) is 18.6. The van der Waals surface area contributed by atoms with E-state index in [2.05, 4.69) is 95.8 Å². The van der Waals surface area contributed by atoms with Crippen LogP contribution in [-0.4, -0.2) is 4.98 Å². The molecule has 1 aromatic carbocycles. The van der Waals surface area contributed by atoms with E-state index in [9.17, 15) is 0 Å². The largest absolute Gasteiger partial charge is 0.437 e. The highest BCUT2D eigenvalue weighted by atomic mass is 16.3. The first-order valence-electron chi connectivity index (χ1n) is 10.5. The van der Waals surface area contributed by atoms with Crippen molar-refractivity contribution < 1.29 is 8.98 Å². The summed E-state index contributed by atoms with van der Waals surface area (Å²) < 4.78 is 8.60. The van der Waals surface area contributed by atoms with Gasteiger partial charge in [0.1, 0.15) is 7.05 Å². The Kier molecular flexibility index (Phi) is 4.72. The lowest BCUT2D eigenvalue weighted by atomic mass is 9.91. The Morgan fingerprint density at radius 2 is 1.72 bits per heavy atom. The van der Waals surface area contributed by atoms with Crippen molar-refractivity contribution >= 4 is 22.1 Å². The molecule has 0 fully saturated rings. The molecular weight excluding hydrogens is 356 g/mol. The standard InChI is InChI=1S/C26H31N2O/c1-16(2)14-18-9-12-21(28(7)15-18)23-17(3)8-10-19-20-11-13-22(26(4,5)6)27-25(20)29-24(19)23/h8-13,15-16H,14H2,1-7H3/q+1. The van der Waals surface area contributed by atoms with E-state index in [0.717, 1.165) is 45.4 Å². The Bertz CT molecular complexity index is 1210. The molecule has 0 saturated carbocycles. The van der Waals surface area contributed by atoms with Gasteiger partial charge in [-0.1, -0.05) is 46.8 Å². The SMILES string of the molecule is Cc1ccc2c(oc3nc(C(C)(C)C)ccc32)c1-c1ccc(CC(C)C)c[n+]1C. The molecule has 4 aromatic rings. The zero-order valence-corrected chi connectivity index (χ0v) is 18.6. The van der Waals surface area contributed by atoms with Crippen LogP contribution in [0.1, 0.15) is 51.4 Å². The maximum atomic E-state index is 6.38. The van der Waals surface area contributed by atoms with Gasteiger partial charge in [0, 0.05) is 33.5 Å². The molecular formula is C26H31N2O+. The van der Waals surface area contributed by atoms with Crippen molar-refractivity contribution in [2.75, 3.05) is 0 Å². The highest BCUT2D eigenvalue weighted by Crippen LogP contribution is 2.37. The summed E-state index contributed by atoms with van der Waals surface area (Å²) in [5, 5.41) is 2.20. The molecule has 29 heavy (non-hydrogen) atoms. The normalized spacial score (nSPS) is 12.4. The van der Waals surface area contributed by atoms with Crippen LogP contribution in [0.3, 0.4) is 0 Å². The highest BCUT2D eigenvalue weighted by molar-refractivity contribution is 6.08. The van der Waals surface area contributed by atoms with Crippen molar-refractivity contribution in [2.24, 2.45) is 13.0 Å². The van der Waals surface area contributed by atoms with Gasteiger partial charge in [0.25, 0.3) is 0 Å². The summed E-state index contributed by atoms with van der Waals surface area (Å²) in [5.41, 5.74) is 7.56. The number of aromatic nitrogens is 2. The summed E-state index contributed by atoms with van der Waals surface area (Å²) in [6.45, 7) is 13.2. The van der Waals surface area contributed by atoms with Crippen LogP contribution in [0.2, 0.25) is 0 Å². The Hall–Kier alpha value is -2.68. The number of furan rings is 1. The molecule has 0 aliphatic heterocycles. The average Bonchev–Trinajstić information content (AvgIpc) is 2.99. The molecule has 150 valence electrons. The first kappa shape index (κ1) is 19.6. The summed E-state index contributed by atoms with van der Waals surface area (Å²) in [5.74, 6) is 0.643. The maximum absolute atomic E-state index is 6.38. The van der Waals surface area contributed by atoms with Crippen molar-refractivity contribution in [3.05, 3.63) is 59.4 Å². The Labute approximate surface area is 173 Å². The Balaban J connectivity index is 1.94. The van der Waals surface area contributed by atoms with Crippen LogP contribution in [0.4, 0.5) is 0 Å². The molecule has 0 amide bonds. The van der Waals surface area contributed by atoms with E-state index in [1.54, 1.807) is 0 Å². The van der Waals surface area contributed by atoms with E-state index in [-0.39, 0.29) is 5.41 Å². The number of fused-ring (bicyclic) bond motifs is 3. The molecule has 3 aromatic heterocycles. The topological polar surface area (TPSA) is 29.9 Å². The first-order chi connectivity index (χ1) is 13.6. The lowest BCUT2D eigenvalue weighted by Gasteiger charge is -2.16. The molecule has 0 aliphatic carbocycles. The van der Waals surface area contributed by atoms with E-state index in [1.807, 2.05) is 0 Å². The molecule has 0 spiro atoms. The van der Waals surface area contributed by atoms with Crippen molar-refractivity contribution in [1.29, 1.82) is 0 Å². The summed E-state index contributed by atoms with van der Waals surface area (Å²) in [6.07, 6.45) is 3.33. The fourth-order valence-electron chi connectivity index (χ4n) is 4.07. The summed E-state index contributed by atoms with van der Waals surface area (Å²) in [4.78, 5) is 4.84. The molecule has 0 N–H and O–H groups in total. The summed E-state index contributed by atoms with van der Waals surface area (Å²) >= 11 is 0. The number of benzene rings is 1. The molecule has 0 unspecified atom stereocenters. The second kappa shape index (κ2) is 6.98. The minimum Gasteiger partial charge on any atom is -0.437 e. The van der Waals surface area contributed by atoms with Crippen LogP contribution in [0.5, 0.6) is 0 Å². The van der Waals surface area contributed by atoms with Crippen LogP contribution < -0.4 is 4.57 Å². The van der Waals surface area contributed by atoms with Gasteiger partial charge in [-0.05, 0) is 43.0 Å². The van der Waals surface area contributed by atoms with Crippen LogP contribution >= 0.6 is 0 Å². The van der Waals surface area contributed by atoms with Crippen LogP contribution in [0.15, 0.2) is 47.0 Å². The van der Waals surface area contributed by atoms with Gasteiger partial charge in [-0.15, -0.1) is 0 Å². The highest BCUT2D eigenvalue weighted by Gasteiger charge is 2.23. The van der Waals surface area contributed by atoms with Gasteiger partial charge in [0.2, 0.25) is 11.4 Å². The van der Waals surface area contributed by atoms with Crippen LogP contribution in [-0.2, 0) is 18.9 Å². The number of rotatable bonds is 3. The molecule has 0 atom stereocenters. The third-order valence-electron chi connectivity index (χ3n) is 5.58. The van der Waals surface area contributed by atoms with Crippen molar-refractivity contribution in [2.45, 2.75) is 53.4 Å². The lowest BCUT2D eigenvalue weighted by molar-refractivity contribution is -0.660. The predicted molar refractivity (Wildman–Crippen MR) is 120 cm³/mol. The molecule has 0 saturated heterocycles. The molecule has 3 nitrogen and oxygen atoms in total. The molecule has 0 bridgehead atoms.